The first-order valence-corrected chi connectivity index (χ1v) is 16.4. The van der Waals surface area contributed by atoms with E-state index < -0.39 is 10.0 Å². The van der Waals surface area contributed by atoms with Crippen LogP contribution in [0.15, 0.2) is 83.1 Å². The fourth-order valence-electron chi connectivity index (χ4n) is 4.82. The van der Waals surface area contributed by atoms with Crippen LogP contribution in [0.5, 0.6) is 5.75 Å². The predicted octanol–water partition coefficient (Wildman–Crippen LogP) is 5.96. The Hall–Kier alpha value is -4.06. The van der Waals surface area contributed by atoms with Crippen LogP contribution >= 0.6 is 22.9 Å². The smallest absolute Gasteiger partial charge is 0.265 e. The fourth-order valence-corrected chi connectivity index (χ4v) is 7.13. The lowest BCUT2D eigenvalue weighted by atomic mass is 10.0. The monoisotopic (exact) mass is 638 g/mol. The summed E-state index contributed by atoms with van der Waals surface area (Å²) in [6.45, 7) is 2.26. The number of thiophene rings is 1. The standard InChI is InChI=1S/C31H31ClN4O5S2/c1-41-27-11-10-22(21-6-4-7-23(18-21)31(38)36-15-2-3-16-36)19-28(27)43(39,40)35-25-9-5-8-24(20-25)33-13-14-34-30(37)29-26(32)12-17-42-29/h4-12,17-20,33,35H,2-3,13-16H2,1H3,(H,34,37). The zero-order valence-electron chi connectivity index (χ0n) is 23.4. The van der Waals surface area contributed by atoms with Gasteiger partial charge in [0.2, 0.25) is 0 Å². The quantitative estimate of drug-likeness (QED) is 0.175. The lowest BCUT2D eigenvalue weighted by molar-refractivity contribution is 0.0792. The summed E-state index contributed by atoms with van der Waals surface area (Å²) in [5, 5.41) is 8.15. The summed E-state index contributed by atoms with van der Waals surface area (Å²) >= 11 is 7.28. The van der Waals surface area contributed by atoms with E-state index >= 15 is 0 Å². The molecule has 0 saturated carbocycles. The minimum Gasteiger partial charge on any atom is -0.495 e. The Bertz CT molecular complexity index is 1740. The molecule has 1 fully saturated rings. The molecule has 0 radical (unpaired) electrons. The summed E-state index contributed by atoms with van der Waals surface area (Å²) in [6, 6.07) is 20.6. The molecule has 12 heteroatoms. The second-order valence-corrected chi connectivity index (χ2v) is 12.9. The van der Waals surface area contributed by atoms with Gasteiger partial charge in [0.15, 0.2) is 0 Å². The molecule has 5 rings (SSSR count). The third-order valence-corrected chi connectivity index (χ3v) is 9.71. The lowest BCUT2D eigenvalue weighted by Gasteiger charge is -2.16. The fraction of sp³-hybridized carbons (Fsp3) is 0.226. The Morgan fingerprint density at radius 2 is 1.67 bits per heavy atom. The summed E-state index contributed by atoms with van der Waals surface area (Å²) in [6.07, 6.45) is 2.00. The van der Waals surface area contributed by atoms with Crippen molar-refractivity contribution in [1.29, 1.82) is 0 Å². The number of ether oxygens (including phenoxy) is 1. The van der Waals surface area contributed by atoms with E-state index in [2.05, 4.69) is 15.4 Å². The van der Waals surface area contributed by atoms with Crippen molar-refractivity contribution < 1.29 is 22.7 Å². The number of carbonyl (C=O) groups is 2. The number of hydrogen-bond donors (Lipinski definition) is 3. The normalized spacial score (nSPS) is 13.0. The number of methoxy groups -OCH3 is 1. The minimum absolute atomic E-state index is 0.0230. The molecular weight excluding hydrogens is 608 g/mol. The highest BCUT2D eigenvalue weighted by Crippen LogP contribution is 2.32. The van der Waals surface area contributed by atoms with Crippen molar-refractivity contribution in [3.05, 3.63) is 93.6 Å². The first-order chi connectivity index (χ1) is 20.7. The largest absolute Gasteiger partial charge is 0.495 e. The molecule has 43 heavy (non-hydrogen) atoms. The molecular formula is C31H31ClN4O5S2. The number of carbonyl (C=O) groups excluding carboxylic acids is 2. The molecule has 224 valence electrons. The molecule has 3 N–H and O–H groups in total. The number of amides is 2. The van der Waals surface area contributed by atoms with Crippen molar-refractivity contribution in [2.24, 2.45) is 0 Å². The van der Waals surface area contributed by atoms with Crippen LogP contribution in [0, 0.1) is 0 Å². The van der Waals surface area contributed by atoms with Crippen LogP contribution in [-0.4, -0.2) is 58.4 Å². The van der Waals surface area contributed by atoms with Crippen molar-refractivity contribution in [2.75, 3.05) is 43.3 Å². The van der Waals surface area contributed by atoms with Crippen LogP contribution in [-0.2, 0) is 10.0 Å². The molecule has 0 bridgehead atoms. The molecule has 1 saturated heterocycles. The van der Waals surface area contributed by atoms with Crippen LogP contribution in [0.1, 0.15) is 32.9 Å². The van der Waals surface area contributed by atoms with Gasteiger partial charge in [-0.25, -0.2) is 8.42 Å². The van der Waals surface area contributed by atoms with Gasteiger partial charge in [0.1, 0.15) is 15.5 Å². The van der Waals surface area contributed by atoms with E-state index in [1.54, 1.807) is 72.1 Å². The Morgan fingerprint density at radius 1 is 0.930 bits per heavy atom. The molecule has 0 atom stereocenters. The summed E-state index contributed by atoms with van der Waals surface area (Å²) in [4.78, 5) is 27.4. The molecule has 0 spiro atoms. The van der Waals surface area contributed by atoms with Crippen molar-refractivity contribution in [3.8, 4) is 16.9 Å². The summed E-state index contributed by atoms with van der Waals surface area (Å²) in [5.41, 5.74) is 2.95. The maximum atomic E-state index is 13.6. The Morgan fingerprint density at radius 3 is 2.42 bits per heavy atom. The molecule has 9 nitrogen and oxygen atoms in total. The highest BCUT2D eigenvalue weighted by molar-refractivity contribution is 7.92. The number of nitrogens with one attached hydrogen (secondary N) is 3. The molecule has 1 aliphatic rings. The second kappa shape index (κ2) is 13.5. The molecule has 1 aliphatic heterocycles. The molecule has 0 aliphatic carbocycles. The third-order valence-electron chi connectivity index (χ3n) is 6.97. The summed E-state index contributed by atoms with van der Waals surface area (Å²) < 4.78 is 35.2. The number of halogens is 1. The highest BCUT2D eigenvalue weighted by atomic mass is 35.5. The first kappa shape index (κ1) is 30.4. The van der Waals surface area contributed by atoms with Crippen molar-refractivity contribution in [1.82, 2.24) is 10.2 Å². The van der Waals surface area contributed by atoms with Gasteiger partial charge in [0, 0.05) is 37.4 Å². The Labute approximate surface area is 259 Å². The van der Waals surface area contributed by atoms with Crippen molar-refractivity contribution >= 4 is 56.2 Å². The van der Waals surface area contributed by atoms with E-state index in [0.29, 0.717) is 45.5 Å². The van der Waals surface area contributed by atoms with Gasteiger partial charge < -0.3 is 20.3 Å². The molecule has 0 unspecified atom stereocenters. The van der Waals surface area contributed by atoms with Gasteiger partial charge in [-0.05, 0) is 77.9 Å². The lowest BCUT2D eigenvalue weighted by Crippen LogP contribution is -2.28. The van der Waals surface area contributed by atoms with Crippen LogP contribution in [0.2, 0.25) is 5.02 Å². The van der Waals surface area contributed by atoms with E-state index in [4.69, 9.17) is 16.3 Å². The van der Waals surface area contributed by atoms with Gasteiger partial charge in [0.05, 0.1) is 17.8 Å². The number of sulfonamides is 1. The Balaban J connectivity index is 1.28. The van der Waals surface area contributed by atoms with Gasteiger partial charge in [0.25, 0.3) is 21.8 Å². The maximum absolute atomic E-state index is 13.6. The number of likely N-dealkylation sites (tertiary alicyclic amines) is 1. The SMILES string of the molecule is COc1ccc(-c2cccc(C(=O)N3CCCC3)c2)cc1S(=O)(=O)Nc1cccc(NCCNC(=O)c2sccc2Cl)c1. The molecule has 1 aromatic heterocycles. The van der Waals surface area contributed by atoms with E-state index in [0.717, 1.165) is 31.5 Å². The molecule has 4 aromatic rings. The summed E-state index contributed by atoms with van der Waals surface area (Å²) in [7, 11) is -2.64. The maximum Gasteiger partial charge on any atom is 0.265 e. The van der Waals surface area contributed by atoms with Crippen LogP contribution < -0.4 is 20.1 Å². The topological polar surface area (TPSA) is 117 Å². The van der Waals surface area contributed by atoms with Crippen LogP contribution in [0.3, 0.4) is 0 Å². The van der Waals surface area contributed by atoms with Gasteiger partial charge in [-0.1, -0.05) is 35.9 Å². The Kier molecular flexibility index (Phi) is 9.54. The van der Waals surface area contributed by atoms with Crippen LogP contribution in [0.4, 0.5) is 11.4 Å². The molecule has 2 amide bonds. The number of benzene rings is 3. The zero-order valence-corrected chi connectivity index (χ0v) is 25.8. The van der Waals surface area contributed by atoms with E-state index in [-0.39, 0.29) is 22.5 Å². The van der Waals surface area contributed by atoms with E-state index in [1.165, 1.54) is 18.4 Å². The van der Waals surface area contributed by atoms with Gasteiger partial charge in [-0.15, -0.1) is 11.3 Å². The molecule has 2 heterocycles. The second-order valence-electron chi connectivity index (χ2n) is 9.91. The van der Waals surface area contributed by atoms with Gasteiger partial charge >= 0.3 is 0 Å². The molecule has 3 aromatic carbocycles. The highest BCUT2D eigenvalue weighted by Gasteiger charge is 2.23. The average Bonchev–Trinajstić information content (AvgIpc) is 3.71. The van der Waals surface area contributed by atoms with Crippen LogP contribution in [0.25, 0.3) is 11.1 Å². The van der Waals surface area contributed by atoms with E-state index in [9.17, 15) is 18.0 Å². The van der Waals surface area contributed by atoms with Crippen molar-refractivity contribution in [2.45, 2.75) is 17.7 Å². The average molecular weight is 639 g/mol. The number of nitrogens with zero attached hydrogens (tertiary/aromatic N) is 1. The van der Waals surface area contributed by atoms with Gasteiger partial charge in [-0.3, -0.25) is 14.3 Å². The third kappa shape index (κ3) is 7.30. The first-order valence-electron chi connectivity index (χ1n) is 13.7. The summed E-state index contributed by atoms with van der Waals surface area (Å²) in [5.74, 6) is -0.0778. The van der Waals surface area contributed by atoms with Crippen molar-refractivity contribution in [3.63, 3.8) is 0 Å². The van der Waals surface area contributed by atoms with Gasteiger partial charge in [-0.2, -0.15) is 0 Å². The minimum atomic E-state index is -4.05. The zero-order chi connectivity index (χ0) is 30.4. The van der Waals surface area contributed by atoms with E-state index in [1.807, 2.05) is 11.0 Å². The predicted molar refractivity (Wildman–Crippen MR) is 171 cm³/mol. The number of rotatable bonds is 11. The number of anilines is 2. The number of hydrogen-bond acceptors (Lipinski definition) is 7.